The third-order valence-electron chi connectivity index (χ3n) is 2.56. The van der Waals surface area contributed by atoms with Crippen LogP contribution in [0.4, 0.5) is 0 Å². The molecular weight excluding hydrogens is 190 g/mol. The highest BCUT2D eigenvalue weighted by atomic mass is 16.5. The van der Waals surface area contributed by atoms with Crippen molar-refractivity contribution in [1.82, 2.24) is 4.90 Å². The molecule has 1 atom stereocenters. The lowest BCUT2D eigenvalue weighted by Gasteiger charge is -2.31. The fraction of sp³-hybridized carbons (Fsp3) is 0.583. The average Bonchev–Trinajstić information content (AvgIpc) is 2.26. The fourth-order valence-electron chi connectivity index (χ4n) is 1.27. The van der Waals surface area contributed by atoms with E-state index in [4.69, 9.17) is 4.74 Å². The van der Waals surface area contributed by atoms with Crippen LogP contribution in [0, 0.1) is 0 Å². The van der Waals surface area contributed by atoms with Gasteiger partial charge in [-0.2, -0.15) is 0 Å². The van der Waals surface area contributed by atoms with E-state index in [9.17, 15) is 4.79 Å². The van der Waals surface area contributed by atoms with Gasteiger partial charge >= 0.3 is 0 Å². The fourth-order valence-corrected chi connectivity index (χ4v) is 1.27. The number of carbonyl (C=O) groups is 1. The summed E-state index contributed by atoms with van der Waals surface area (Å²) in [6.07, 6.45) is 4.05. The molecule has 0 spiro atoms. The Hall–Kier alpha value is -1.09. The highest BCUT2D eigenvalue weighted by Gasteiger charge is 2.34. The van der Waals surface area contributed by atoms with Crippen molar-refractivity contribution < 1.29 is 9.53 Å². The van der Waals surface area contributed by atoms with Crippen molar-refractivity contribution in [3.63, 3.8) is 0 Å². The van der Waals surface area contributed by atoms with E-state index in [0.717, 1.165) is 0 Å². The Kier molecular flexibility index (Phi) is 5.94. The predicted octanol–water partition coefficient (Wildman–Crippen LogP) is 2.00. The molecule has 0 aromatic rings. The van der Waals surface area contributed by atoms with E-state index in [1.165, 1.54) is 0 Å². The number of amides is 1. The Morgan fingerprint density at radius 2 is 1.87 bits per heavy atom. The first-order valence-electron chi connectivity index (χ1n) is 5.12. The molecule has 3 heteroatoms. The molecule has 15 heavy (non-hydrogen) atoms. The van der Waals surface area contributed by atoms with Crippen LogP contribution >= 0.6 is 0 Å². The predicted molar refractivity (Wildman–Crippen MR) is 62.7 cm³/mol. The first kappa shape index (κ1) is 13.9. The Bertz CT molecular complexity index is 222. The summed E-state index contributed by atoms with van der Waals surface area (Å²) in [5.74, 6) is -0.0210. The molecule has 0 saturated heterocycles. The second-order valence-corrected chi connectivity index (χ2v) is 3.58. The molecule has 0 aliphatic rings. The van der Waals surface area contributed by atoms with Gasteiger partial charge in [-0.25, -0.2) is 0 Å². The maximum Gasteiger partial charge on any atom is 0.255 e. The van der Waals surface area contributed by atoms with Crippen molar-refractivity contribution in [2.24, 2.45) is 0 Å². The lowest BCUT2D eigenvalue weighted by molar-refractivity contribution is -0.152. The molecule has 1 unspecified atom stereocenters. The van der Waals surface area contributed by atoms with Gasteiger partial charge < -0.3 is 9.64 Å². The van der Waals surface area contributed by atoms with E-state index in [1.807, 2.05) is 6.92 Å². The number of hydrogen-bond acceptors (Lipinski definition) is 2. The summed E-state index contributed by atoms with van der Waals surface area (Å²) in [4.78, 5) is 13.8. The van der Waals surface area contributed by atoms with Gasteiger partial charge in [-0.1, -0.05) is 19.1 Å². The number of methoxy groups -OCH3 is 1. The van der Waals surface area contributed by atoms with E-state index >= 15 is 0 Å². The Morgan fingerprint density at radius 3 is 2.13 bits per heavy atom. The highest BCUT2D eigenvalue weighted by molar-refractivity contribution is 5.85. The van der Waals surface area contributed by atoms with Gasteiger partial charge in [-0.05, 0) is 13.3 Å². The van der Waals surface area contributed by atoms with Crippen LogP contribution in [0.15, 0.2) is 25.3 Å². The molecule has 0 saturated carbocycles. The maximum absolute atomic E-state index is 12.1. The monoisotopic (exact) mass is 211 g/mol. The molecule has 0 aromatic heterocycles. The molecule has 0 aliphatic heterocycles. The van der Waals surface area contributed by atoms with Crippen molar-refractivity contribution >= 4 is 5.91 Å². The van der Waals surface area contributed by atoms with Gasteiger partial charge in [0.25, 0.3) is 5.91 Å². The number of nitrogens with zero attached hydrogens (tertiary/aromatic N) is 1. The minimum absolute atomic E-state index is 0.0210. The molecule has 0 N–H and O–H groups in total. The van der Waals surface area contributed by atoms with Crippen molar-refractivity contribution in [1.29, 1.82) is 0 Å². The van der Waals surface area contributed by atoms with Gasteiger partial charge in [-0.3, -0.25) is 4.79 Å². The summed E-state index contributed by atoms with van der Waals surface area (Å²) < 4.78 is 5.26. The van der Waals surface area contributed by atoms with E-state index < -0.39 is 5.60 Å². The molecule has 0 rings (SSSR count). The molecule has 0 bridgehead atoms. The van der Waals surface area contributed by atoms with Crippen LogP contribution in [0.2, 0.25) is 0 Å². The van der Waals surface area contributed by atoms with Crippen LogP contribution in [0.5, 0.6) is 0 Å². The van der Waals surface area contributed by atoms with Crippen molar-refractivity contribution in [2.75, 3.05) is 20.2 Å². The minimum Gasteiger partial charge on any atom is -0.369 e. The second kappa shape index (κ2) is 6.40. The number of carbonyl (C=O) groups excluding carboxylic acids is 1. The summed E-state index contributed by atoms with van der Waals surface area (Å²) in [7, 11) is 1.56. The highest BCUT2D eigenvalue weighted by Crippen LogP contribution is 2.17. The number of rotatable bonds is 7. The van der Waals surface area contributed by atoms with Crippen molar-refractivity contribution in [3.05, 3.63) is 25.3 Å². The molecule has 0 radical (unpaired) electrons. The van der Waals surface area contributed by atoms with E-state index in [0.29, 0.717) is 19.5 Å². The zero-order valence-corrected chi connectivity index (χ0v) is 9.95. The maximum atomic E-state index is 12.1. The minimum atomic E-state index is -0.744. The molecule has 1 amide bonds. The summed E-state index contributed by atoms with van der Waals surface area (Å²) in [5.41, 5.74) is -0.744. The largest absolute Gasteiger partial charge is 0.369 e. The van der Waals surface area contributed by atoms with Gasteiger partial charge in [0.2, 0.25) is 0 Å². The van der Waals surface area contributed by atoms with Gasteiger partial charge in [-0.15, -0.1) is 13.2 Å². The van der Waals surface area contributed by atoms with Gasteiger partial charge in [0, 0.05) is 20.2 Å². The Morgan fingerprint density at radius 1 is 1.40 bits per heavy atom. The molecular formula is C12H21NO2. The van der Waals surface area contributed by atoms with E-state index in [-0.39, 0.29) is 5.91 Å². The zero-order chi connectivity index (χ0) is 11.9. The average molecular weight is 211 g/mol. The molecule has 0 fully saturated rings. The third kappa shape index (κ3) is 3.51. The topological polar surface area (TPSA) is 29.5 Å². The molecule has 3 nitrogen and oxygen atoms in total. The van der Waals surface area contributed by atoms with Crippen LogP contribution in [-0.4, -0.2) is 36.6 Å². The van der Waals surface area contributed by atoms with Gasteiger partial charge in [0.1, 0.15) is 5.60 Å². The number of hydrogen-bond donors (Lipinski definition) is 0. The third-order valence-corrected chi connectivity index (χ3v) is 2.56. The lowest BCUT2D eigenvalue weighted by Crippen LogP contribution is -2.48. The summed E-state index contributed by atoms with van der Waals surface area (Å²) in [6, 6.07) is 0. The first-order valence-corrected chi connectivity index (χ1v) is 5.12. The summed E-state index contributed by atoms with van der Waals surface area (Å²) >= 11 is 0. The molecule has 0 aromatic carbocycles. The van der Waals surface area contributed by atoms with Crippen LogP contribution in [0.3, 0.4) is 0 Å². The molecule has 86 valence electrons. The summed E-state index contributed by atoms with van der Waals surface area (Å²) in [6.45, 7) is 12.0. The quantitative estimate of drug-likeness (QED) is 0.603. The van der Waals surface area contributed by atoms with Gasteiger partial charge in [0.15, 0.2) is 0 Å². The van der Waals surface area contributed by atoms with Crippen LogP contribution in [-0.2, 0) is 9.53 Å². The molecule has 0 aliphatic carbocycles. The lowest BCUT2D eigenvalue weighted by atomic mass is 10.0. The standard InChI is InChI=1S/C12H21NO2/c1-6-9-13(10-7-2)11(14)12(4,8-3)15-5/h6-7H,1-2,8-10H2,3-5H3. The number of ether oxygens (including phenoxy) is 1. The normalized spacial score (nSPS) is 14.1. The van der Waals surface area contributed by atoms with E-state index in [1.54, 1.807) is 31.1 Å². The smallest absolute Gasteiger partial charge is 0.255 e. The SMILES string of the molecule is C=CCN(CC=C)C(=O)C(C)(CC)OC. The Labute approximate surface area is 92.4 Å². The van der Waals surface area contributed by atoms with Crippen LogP contribution in [0.1, 0.15) is 20.3 Å². The van der Waals surface area contributed by atoms with Crippen molar-refractivity contribution in [2.45, 2.75) is 25.9 Å². The second-order valence-electron chi connectivity index (χ2n) is 3.58. The first-order chi connectivity index (χ1) is 7.05. The van der Waals surface area contributed by atoms with Crippen LogP contribution in [0.25, 0.3) is 0 Å². The Balaban J connectivity index is 4.73. The van der Waals surface area contributed by atoms with Crippen molar-refractivity contribution in [3.8, 4) is 0 Å². The molecule has 0 heterocycles. The summed E-state index contributed by atoms with van der Waals surface area (Å²) in [5, 5.41) is 0. The van der Waals surface area contributed by atoms with Crippen LogP contribution < -0.4 is 0 Å². The zero-order valence-electron chi connectivity index (χ0n) is 9.95. The van der Waals surface area contributed by atoms with Gasteiger partial charge in [0.05, 0.1) is 0 Å². The van der Waals surface area contributed by atoms with E-state index in [2.05, 4.69) is 13.2 Å².